The van der Waals surface area contributed by atoms with Crippen molar-refractivity contribution in [3.63, 3.8) is 0 Å². The molecule has 1 aromatic heterocycles. The molecule has 0 amide bonds. The Morgan fingerprint density at radius 1 is 1.35 bits per heavy atom. The second kappa shape index (κ2) is 4.38. The van der Waals surface area contributed by atoms with Crippen LogP contribution in [0.3, 0.4) is 0 Å². The second-order valence-corrected chi connectivity index (χ2v) is 6.86. The third-order valence-corrected chi connectivity index (χ3v) is 5.76. The molecule has 2 saturated heterocycles. The zero-order valence-electron chi connectivity index (χ0n) is 10.7. The lowest BCUT2D eigenvalue weighted by molar-refractivity contribution is 0.121. The van der Waals surface area contributed by atoms with Crippen molar-refractivity contribution in [1.29, 1.82) is 0 Å². The van der Waals surface area contributed by atoms with Gasteiger partial charge in [-0.15, -0.1) is 11.3 Å². The Kier molecular flexibility index (Phi) is 3.01. The highest BCUT2D eigenvalue weighted by molar-refractivity contribution is 7.10. The number of hydrogen-bond acceptors (Lipinski definition) is 3. The summed E-state index contributed by atoms with van der Waals surface area (Å²) in [4.78, 5) is 3.99. The van der Waals surface area contributed by atoms with E-state index in [-0.39, 0.29) is 6.04 Å². The van der Waals surface area contributed by atoms with E-state index in [2.05, 4.69) is 30.3 Å². The molecule has 2 fully saturated rings. The number of aryl methyl sites for hydroxylation is 1. The molecule has 2 aliphatic rings. The molecule has 3 heterocycles. The minimum atomic E-state index is 0.262. The lowest BCUT2D eigenvalue weighted by Crippen LogP contribution is -2.42. The predicted octanol–water partition coefficient (Wildman–Crippen LogP) is 2.93. The van der Waals surface area contributed by atoms with Gasteiger partial charge < -0.3 is 10.6 Å². The molecule has 0 radical (unpaired) electrons. The standard InChI is InChI=1S/C14H22N2S/c1-9-13(5-6-17-9)14(15)10-7-11-3-4-12(8-10)16(11)2/h5-6,10-12,14H,3-4,7-8,15H2,1-2H3. The molecule has 3 heteroatoms. The zero-order valence-corrected chi connectivity index (χ0v) is 11.5. The third-order valence-electron chi connectivity index (χ3n) is 4.90. The smallest absolute Gasteiger partial charge is 0.0335 e. The highest BCUT2D eigenvalue weighted by Gasteiger charge is 2.40. The van der Waals surface area contributed by atoms with Gasteiger partial charge in [-0.3, -0.25) is 0 Å². The summed E-state index contributed by atoms with van der Waals surface area (Å²) in [5.41, 5.74) is 7.89. The van der Waals surface area contributed by atoms with Gasteiger partial charge in [0.2, 0.25) is 0 Å². The normalized spacial score (nSPS) is 35.1. The molecule has 0 spiro atoms. The molecule has 0 aromatic carbocycles. The monoisotopic (exact) mass is 250 g/mol. The van der Waals surface area contributed by atoms with Crippen LogP contribution in [-0.2, 0) is 0 Å². The van der Waals surface area contributed by atoms with Crippen molar-refractivity contribution in [2.45, 2.75) is 50.7 Å². The van der Waals surface area contributed by atoms with Crippen LogP contribution in [0.4, 0.5) is 0 Å². The summed E-state index contributed by atoms with van der Waals surface area (Å²) < 4.78 is 0. The maximum Gasteiger partial charge on any atom is 0.0335 e. The maximum atomic E-state index is 6.50. The number of piperidine rings is 1. The number of thiophene rings is 1. The van der Waals surface area contributed by atoms with Crippen LogP contribution in [0.25, 0.3) is 0 Å². The summed E-state index contributed by atoms with van der Waals surface area (Å²) in [6, 6.07) is 4.08. The summed E-state index contributed by atoms with van der Waals surface area (Å²) >= 11 is 1.82. The number of fused-ring (bicyclic) bond motifs is 2. The van der Waals surface area contributed by atoms with E-state index >= 15 is 0 Å². The minimum Gasteiger partial charge on any atom is -0.324 e. The van der Waals surface area contributed by atoms with E-state index in [0.29, 0.717) is 5.92 Å². The van der Waals surface area contributed by atoms with E-state index in [0.717, 1.165) is 12.1 Å². The molecule has 0 saturated carbocycles. The molecular formula is C14H22N2S. The first-order chi connectivity index (χ1) is 8.16. The van der Waals surface area contributed by atoms with Crippen molar-refractivity contribution in [3.05, 3.63) is 21.9 Å². The summed E-state index contributed by atoms with van der Waals surface area (Å²) in [7, 11) is 2.29. The largest absolute Gasteiger partial charge is 0.324 e. The lowest BCUT2D eigenvalue weighted by Gasteiger charge is -2.38. The van der Waals surface area contributed by atoms with Crippen molar-refractivity contribution in [1.82, 2.24) is 4.90 Å². The van der Waals surface area contributed by atoms with Gasteiger partial charge in [0, 0.05) is 23.0 Å². The Labute approximate surface area is 108 Å². The Hall–Kier alpha value is -0.380. The first-order valence-electron chi connectivity index (χ1n) is 6.68. The quantitative estimate of drug-likeness (QED) is 0.874. The molecule has 2 nitrogen and oxygen atoms in total. The van der Waals surface area contributed by atoms with E-state index < -0.39 is 0 Å². The van der Waals surface area contributed by atoms with Crippen LogP contribution in [0.15, 0.2) is 11.4 Å². The Morgan fingerprint density at radius 3 is 2.53 bits per heavy atom. The minimum absolute atomic E-state index is 0.262. The van der Waals surface area contributed by atoms with E-state index in [4.69, 9.17) is 5.73 Å². The Balaban J connectivity index is 1.76. The van der Waals surface area contributed by atoms with Gasteiger partial charge >= 0.3 is 0 Å². The third kappa shape index (κ3) is 1.94. The van der Waals surface area contributed by atoms with E-state index in [1.165, 1.54) is 36.1 Å². The fourth-order valence-corrected chi connectivity index (χ4v) is 4.50. The number of nitrogens with zero attached hydrogens (tertiary/aromatic N) is 1. The molecule has 2 aliphatic heterocycles. The number of rotatable bonds is 2. The highest BCUT2D eigenvalue weighted by Crippen LogP contribution is 2.42. The molecular weight excluding hydrogens is 228 g/mol. The number of hydrogen-bond donors (Lipinski definition) is 1. The van der Waals surface area contributed by atoms with Gasteiger partial charge in [-0.05, 0) is 62.6 Å². The van der Waals surface area contributed by atoms with Crippen molar-refractivity contribution in [3.8, 4) is 0 Å². The van der Waals surface area contributed by atoms with Crippen molar-refractivity contribution < 1.29 is 0 Å². The van der Waals surface area contributed by atoms with Crippen LogP contribution >= 0.6 is 11.3 Å². The van der Waals surface area contributed by atoms with Gasteiger partial charge in [-0.25, -0.2) is 0 Å². The van der Waals surface area contributed by atoms with Crippen molar-refractivity contribution in [2.75, 3.05) is 7.05 Å². The van der Waals surface area contributed by atoms with Crippen LogP contribution in [0.5, 0.6) is 0 Å². The van der Waals surface area contributed by atoms with Crippen molar-refractivity contribution >= 4 is 11.3 Å². The molecule has 3 unspecified atom stereocenters. The topological polar surface area (TPSA) is 29.3 Å². The SMILES string of the molecule is Cc1sccc1C(N)C1CC2CCC(C1)N2C. The Bertz CT molecular complexity index is 387. The molecule has 1 aromatic rings. The van der Waals surface area contributed by atoms with Gasteiger partial charge in [0.15, 0.2) is 0 Å². The summed E-state index contributed by atoms with van der Waals surface area (Å²) in [5.74, 6) is 0.692. The fourth-order valence-electron chi connectivity index (χ4n) is 3.74. The van der Waals surface area contributed by atoms with Gasteiger partial charge in [0.05, 0.1) is 0 Å². The second-order valence-electron chi connectivity index (χ2n) is 5.74. The molecule has 2 N–H and O–H groups in total. The fraction of sp³-hybridized carbons (Fsp3) is 0.714. The van der Waals surface area contributed by atoms with Crippen LogP contribution in [-0.4, -0.2) is 24.0 Å². The molecule has 3 atom stereocenters. The van der Waals surface area contributed by atoms with Crippen LogP contribution in [0, 0.1) is 12.8 Å². The lowest BCUT2D eigenvalue weighted by atomic mass is 9.83. The molecule has 2 bridgehead atoms. The summed E-state index contributed by atoms with van der Waals surface area (Å²) in [6.45, 7) is 2.20. The van der Waals surface area contributed by atoms with Crippen LogP contribution in [0.1, 0.15) is 42.2 Å². The van der Waals surface area contributed by atoms with Crippen LogP contribution in [0.2, 0.25) is 0 Å². The average Bonchev–Trinajstić information content (AvgIpc) is 2.79. The van der Waals surface area contributed by atoms with Gasteiger partial charge in [0.25, 0.3) is 0 Å². The zero-order chi connectivity index (χ0) is 12.0. The molecule has 17 heavy (non-hydrogen) atoms. The average molecular weight is 250 g/mol. The number of nitrogens with two attached hydrogens (primary N) is 1. The van der Waals surface area contributed by atoms with Crippen LogP contribution < -0.4 is 5.73 Å². The maximum absolute atomic E-state index is 6.50. The summed E-state index contributed by atoms with van der Waals surface area (Å²) in [6.07, 6.45) is 5.35. The van der Waals surface area contributed by atoms with E-state index in [9.17, 15) is 0 Å². The molecule has 3 rings (SSSR count). The van der Waals surface area contributed by atoms with E-state index in [1.807, 2.05) is 11.3 Å². The highest BCUT2D eigenvalue weighted by atomic mass is 32.1. The molecule has 94 valence electrons. The van der Waals surface area contributed by atoms with Gasteiger partial charge in [-0.2, -0.15) is 0 Å². The Morgan fingerprint density at radius 2 is 2.00 bits per heavy atom. The predicted molar refractivity (Wildman–Crippen MR) is 73.3 cm³/mol. The molecule has 0 aliphatic carbocycles. The van der Waals surface area contributed by atoms with Crippen molar-refractivity contribution in [2.24, 2.45) is 11.7 Å². The van der Waals surface area contributed by atoms with E-state index in [1.54, 1.807) is 0 Å². The first kappa shape index (κ1) is 11.7. The van der Waals surface area contributed by atoms with Gasteiger partial charge in [-0.1, -0.05) is 0 Å². The van der Waals surface area contributed by atoms with Gasteiger partial charge in [0.1, 0.15) is 0 Å². The first-order valence-corrected chi connectivity index (χ1v) is 7.56. The summed E-state index contributed by atoms with van der Waals surface area (Å²) in [5, 5.41) is 2.17.